The molecule has 0 amide bonds. The van der Waals surface area contributed by atoms with Crippen LogP contribution in [0.25, 0.3) is 0 Å². The topological polar surface area (TPSA) is 21.3 Å². The zero-order valence-corrected chi connectivity index (χ0v) is 11.8. The normalized spacial score (nSPS) is 11.8. The minimum absolute atomic E-state index is 0.0374. The number of halogens is 1. The van der Waals surface area contributed by atoms with Crippen LogP contribution in [0.15, 0.2) is 28.7 Å². The second-order valence-corrected chi connectivity index (χ2v) is 5.44. The summed E-state index contributed by atoms with van der Waals surface area (Å²) < 4.78 is 6.49. The molecule has 1 aromatic carbocycles. The van der Waals surface area contributed by atoms with E-state index >= 15 is 0 Å². The molecule has 1 rings (SSSR count). The molecule has 0 heterocycles. The van der Waals surface area contributed by atoms with E-state index in [4.69, 9.17) is 4.74 Å². The van der Waals surface area contributed by atoms with E-state index in [1.54, 1.807) is 7.11 Å². The van der Waals surface area contributed by atoms with Crippen LogP contribution in [0.5, 0.6) is 0 Å². The van der Waals surface area contributed by atoms with E-state index in [0.29, 0.717) is 0 Å². The van der Waals surface area contributed by atoms with Crippen LogP contribution >= 0.6 is 15.9 Å². The van der Waals surface area contributed by atoms with Gasteiger partial charge in [0.15, 0.2) is 0 Å². The highest BCUT2D eigenvalue weighted by Crippen LogP contribution is 2.13. The molecule has 0 unspecified atom stereocenters. The summed E-state index contributed by atoms with van der Waals surface area (Å²) >= 11 is 3.47. The van der Waals surface area contributed by atoms with E-state index in [1.807, 2.05) is 6.07 Å². The molecule has 0 atom stereocenters. The van der Waals surface area contributed by atoms with Gasteiger partial charge in [-0.2, -0.15) is 0 Å². The minimum Gasteiger partial charge on any atom is -0.379 e. The van der Waals surface area contributed by atoms with Gasteiger partial charge in [0.2, 0.25) is 0 Å². The Bertz CT molecular complexity index is 325. The van der Waals surface area contributed by atoms with E-state index < -0.39 is 0 Å². The Balaban J connectivity index is 2.26. The first kappa shape index (κ1) is 13.7. The molecule has 0 aliphatic carbocycles. The summed E-state index contributed by atoms with van der Waals surface area (Å²) in [6.07, 6.45) is 1.01. The number of benzene rings is 1. The third-order valence-electron chi connectivity index (χ3n) is 2.67. The average Bonchev–Trinajstić information content (AvgIpc) is 2.25. The van der Waals surface area contributed by atoms with Gasteiger partial charge in [-0.1, -0.05) is 28.1 Å². The maximum atomic E-state index is 5.36. The van der Waals surface area contributed by atoms with Crippen LogP contribution in [0, 0.1) is 0 Å². The Hall–Kier alpha value is -0.380. The summed E-state index contributed by atoms with van der Waals surface area (Å²) in [5.74, 6) is 0. The number of rotatable bonds is 6. The van der Waals surface area contributed by atoms with Crippen LogP contribution in [0.4, 0.5) is 0 Å². The summed E-state index contributed by atoms with van der Waals surface area (Å²) in [4.78, 5) is 0. The van der Waals surface area contributed by atoms with Gasteiger partial charge in [0.1, 0.15) is 0 Å². The predicted molar refractivity (Wildman–Crippen MR) is 71.6 cm³/mol. The smallest absolute Gasteiger partial charge is 0.0634 e. The lowest BCUT2D eigenvalue weighted by atomic mass is 10.1. The summed E-state index contributed by atoms with van der Waals surface area (Å²) in [7, 11) is 1.76. The number of nitrogens with one attached hydrogen (secondary N) is 1. The third-order valence-corrected chi connectivity index (χ3v) is 3.17. The van der Waals surface area contributed by atoms with Crippen LogP contribution in [-0.2, 0) is 11.3 Å². The molecule has 0 aliphatic rings. The van der Waals surface area contributed by atoms with Gasteiger partial charge in [0.05, 0.1) is 5.60 Å². The van der Waals surface area contributed by atoms with Gasteiger partial charge in [0.25, 0.3) is 0 Å². The highest BCUT2D eigenvalue weighted by molar-refractivity contribution is 9.10. The number of hydrogen-bond donors (Lipinski definition) is 1. The van der Waals surface area contributed by atoms with Crippen molar-refractivity contribution in [3.05, 3.63) is 34.3 Å². The zero-order chi connectivity index (χ0) is 12.0. The first-order chi connectivity index (χ1) is 7.53. The van der Waals surface area contributed by atoms with Crippen LogP contribution in [0.3, 0.4) is 0 Å². The molecule has 0 spiro atoms. The Morgan fingerprint density at radius 3 is 2.75 bits per heavy atom. The van der Waals surface area contributed by atoms with Crippen molar-refractivity contribution in [2.24, 2.45) is 0 Å². The van der Waals surface area contributed by atoms with Gasteiger partial charge >= 0.3 is 0 Å². The minimum atomic E-state index is -0.0374. The fourth-order valence-electron chi connectivity index (χ4n) is 1.37. The van der Waals surface area contributed by atoms with Gasteiger partial charge < -0.3 is 10.1 Å². The quantitative estimate of drug-likeness (QED) is 0.810. The van der Waals surface area contributed by atoms with E-state index in [2.05, 4.69) is 53.3 Å². The molecule has 2 nitrogen and oxygen atoms in total. The van der Waals surface area contributed by atoms with E-state index in [9.17, 15) is 0 Å². The van der Waals surface area contributed by atoms with Gasteiger partial charge in [-0.3, -0.25) is 0 Å². The molecule has 0 radical (unpaired) electrons. The van der Waals surface area contributed by atoms with Crippen LogP contribution < -0.4 is 5.32 Å². The summed E-state index contributed by atoms with van der Waals surface area (Å²) in [6.45, 7) is 6.08. The molecule has 0 fully saturated rings. The fourth-order valence-corrected chi connectivity index (χ4v) is 1.82. The Morgan fingerprint density at radius 1 is 1.38 bits per heavy atom. The van der Waals surface area contributed by atoms with Gasteiger partial charge in [-0.15, -0.1) is 0 Å². The Morgan fingerprint density at radius 2 is 2.12 bits per heavy atom. The van der Waals surface area contributed by atoms with Crippen molar-refractivity contribution in [2.45, 2.75) is 32.4 Å². The van der Waals surface area contributed by atoms with Gasteiger partial charge in [-0.05, 0) is 44.5 Å². The molecule has 0 saturated carbocycles. The molecule has 1 aromatic rings. The summed E-state index contributed by atoms with van der Waals surface area (Å²) in [5, 5.41) is 3.42. The van der Waals surface area contributed by atoms with Crippen molar-refractivity contribution in [1.29, 1.82) is 0 Å². The third kappa shape index (κ3) is 5.10. The number of ether oxygens (including phenoxy) is 1. The first-order valence-electron chi connectivity index (χ1n) is 5.54. The lowest BCUT2D eigenvalue weighted by Gasteiger charge is -2.22. The molecule has 16 heavy (non-hydrogen) atoms. The highest BCUT2D eigenvalue weighted by Gasteiger charge is 2.14. The highest BCUT2D eigenvalue weighted by atomic mass is 79.9. The number of hydrogen-bond acceptors (Lipinski definition) is 2. The molecule has 3 heteroatoms. The lowest BCUT2D eigenvalue weighted by molar-refractivity contribution is 0.0158. The van der Waals surface area contributed by atoms with Crippen molar-refractivity contribution in [3.8, 4) is 0 Å². The van der Waals surface area contributed by atoms with E-state index in [0.717, 1.165) is 24.0 Å². The molecule has 90 valence electrons. The second kappa shape index (κ2) is 6.38. The SMILES string of the molecule is COC(C)(C)CCNCc1cccc(Br)c1. The van der Waals surface area contributed by atoms with E-state index in [-0.39, 0.29) is 5.60 Å². The van der Waals surface area contributed by atoms with Crippen molar-refractivity contribution in [3.63, 3.8) is 0 Å². The lowest BCUT2D eigenvalue weighted by Crippen LogP contribution is -2.28. The standard InChI is InChI=1S/C13H20BrNO/c1-13(2,16-3)7-8-15-10-11-5-4-6-12(14)9-11/h4-6,9,15H,7-8,10H2,1-3H3. The summed E-state index contributed by atoms with van der Waals surface area (Å²) in [6, 6.07) is 8.35. The van der Waals surface area contributed by atoms with Gasteiger partial charge in [-0.25, -0.2) is 0 Å². The van der Waals surface area contributed by atoms with Gasteiger partial charge in [0, 0.05) is 18.1 Å². The van der Waals surface area contributed by atoms with Crippen LogP contribution in [-0.4, -0.2) is 19.3 Å². The van der Waals surface area contributed by atoms with Crippen molar-refractivity contribution < 1.29 is 4.74 Å². The van der Waals surface area contributed by atoms with Crippen LogP contribution in [0.2, 0.25) is 0 Å². The second-order valence-electron chi connectivity index (χ2n) is 4.52. The Labute approximate surface area is 107 Å². The van der Waals surface area contributed by atoms with Crippen LogP contribution in [0.1, 0.15) is 25.8 Å². The number of methoxy groups -OCH3 is 1. The monoisotopic (exact) mass is 285 g/mol. The predicted octanol–water partition coefficient (Wildman–Crippen LogP) is 3.35. The molecule has 1 N–H and O–H groups in total. The molecule has 0 aliphatic heterocycles. The van der Waals surface area contributed by atoms with Crippen molar-refractivity contribution in [2.75, 3.05) is 13.7 Å². The Kier molecular flexibility index (Phi) is 5.46. The average molecular weight is 286 g/mol. The first-order valence-corrected chi connectivity index (χ1v) is 6.33. The van der Waals surface area contributed by atoms with Crippen molar-refractivity contribution >= 4 is 15.9 Å². The summed E-state index contributed by atoms with van der Waals surface area (Å²) in [5.41, 5.74) is 1.26. The molecular weight excluding hydrogens is 266 g/mol. The molecule has 0 bridgehead atoms. The maximum absolute atomic E-state index is 5.36. The molecule has 0 saturated heterocycles. The molecular formula is C13H20BrNO. The largest absolute Gasteiger partial charge is 0.379 e. The fraction of sp³-hybridized carbons (Fsp3) is 0.538. The zero-order valence-electron chi connectivity index (χ0n) is 10.2. The van der Waals surface area contributed by atoms with E-state index in [1.165, 1.54) is 5.56 Å². The van der Waals surface area contributed by atoms with Crippen molar-refractivity contribution in [1.82, 2.24) is 5.32 Å². The maximum Gasteiger partial charge on any atom is 0.0634 e. The molecule has 0 aromatic heterocycles.